The third kappa shape index (κ3) is 1.78. The zero-order valence-corrected chi connectivity index (χ0v) is 10.3. The quantitative estimate of drug-likeness (QED) is 0.807. The van der Waals surface area contributed by atoms with Crippen molar-refractivity contribution in [1.82, 2.24) is 4.57 Å². The van der Waals surface area contributed by atoms with Crippen LogP contribution in [-0.2, 0) is 19.4 Å². The number of hydrogen-bond acceptors (Lipinski definition) is 2. The summed E-state index contributed by atoms with van der Waals surface area (Å²) in [4.78, 5) is 12.4. The summed E-state index contributed by atoms with van der Waals surface area (Å²) in [5, 5.41) is 0. The molecule has 0 unspecified atom stereocenters. The fraction of sp³-hybridized carbons (Fsp3) is 0.500. The van der Waals surface area contributed by atoms with Crippen LogP contribution in [0.3, 0.4) is 0 Å². The molecular weight excluding hydrogens is 220 g/mol. The summed E-state index contributed by atoms with van der Waals surface area (Å²) in [7, 11) is 0. The smallest absolute Gasteiger partial charge is 0.261 e. The Labute approximate surface area is 100 Å². The van der Waals surface area contributed by atoms with Gasteiger partial charge in [0.15, 0.2) is 0 Å². The fourth-order valence-corrected chi connectivity index (χ4v) is 2.50. The third-order valence-corrected chi connectivity index (χ3v) is 3.28. The molecule has 0 radical (unpaired) electrons. The number of aryl methyl sites for hydroxylation is 1. The van der Waals surface area contributed by atoms with Gasteiger partial charge < -0.3 is 10.3 Å². The normalized spacial score (nSPS) is 13.8. The van der Waals surface area contributed by atoms with Crippen LogP contribution in [0.5, 0.6) is 0 Å². The van der Waals surface area contributed by atoms with Crippen LogP contribution in [-0.4, -0.2) is 9.56 Å². The van der Waals surface area contributed by atoms with E-state index in [1.165, 1.54) is 11.3 Å². The van der Waals surface area contributed by atoms with Crippen molar-refractivity contribution in [1.29, 1.82) is 0 Å². The maximum Gasteiger partial charge on any atom is 0.261 e. The number of pyridine rings is 1. The average Bonchev–Trinajstić information content (AvgIpc) is 2.69. The SMILES string of the molecule is CCCn1c2c(cc(C(N)=S)c1=O)CCC2. The Balaban J connectivity index is 2.65. The van der Waals surface area contributed by atoms with Crippen LogP contribution in [0, 0.1) is 0 Å². The first kappa shape index (κ1) is 11.3. The predicted molar refractivity (Wildman–Crippen MR) is 68.9 cm³/mol. The molecule has 1 aromatic rings. The first-order chi connectivity index (χ1) is 7.65. The lowest BCUT2D eigenvalue weighted by atomic mass is 10.1. The molecule has 0 fully saturated rings. The number of nitrogens with two attached hydrogens (primary N) is 1. The van der Waals surface area contributed by atoms with Crippen LogP contribution >= 0.6 is 12.2 Å². The number of hydrogen-bond donors (Lipinski definition) is 1. The van der Waals surface area contributed by atoms with Gasteiger partial charge in [-0.05, 0) is 37.3 Å². The van der Waals surface area contributed by atoms with Gasteiger partial charge in [-0.25, -0.2) is 0 Å². The van der Waals surface area contributed by atoms with Crippen molar-refractivity contribution in [3.05, 3.63) is 33.2 Å². The van der Waals surface area contributed by atoms with E-state index in [0.717, 1.165) is 32.2 Å². The molecule has 1 aromatic heterocycles. The van der Waals surface area contributed by atoms with Crippen LogP contribution < -0.4 is 11.3 Å². The maximum atomic E-state index is 12.2. The Morgan fingerprint density at radius 3 is 2.94 bits per heavy atom. The first-order valence-corrected chi connectivity index (χ1v) is 6.11. The van der Waals surface area contributed by atoms with Gasteiger partial charge in [-0.3, -0.25) is 4.79 Å². The molecule has 3 nitrogen and oxygen atoms in total. The molecule has 1 aliphatic carbocycles. The molecule has 1 heterocycles. The molecule has 0 amide bonds. The molecule has 2 rings (SSSR count). The highest BCUT2D eigenvalue weighted by Crippen LogP contribution is 2.21. The van der Waals surface area contributed by atoms with Gasteiger partial charge in [0.05, 0.1) is 5.56 Å². The van der Waals surface area contributed by atoms with E-state index in [-0.39, 0.29) is 10.5 Å². The van der Waals surface area contributed by atoms with Gasteiger partial charge >= 0.3 is 0 Å². The molecule has 16 heavy (non-hydrogen) atoms. The molecule has 0 aliphatic heterocycles. The summed E-state index contributed by atoms with van der Waals surface area (Å²) < 4.78 is 1.86. The van der Waals surface area contributed by atoms with Crippen LogP contribution in [0.4, 0.5) is 0 Å². The molecular formula is C12H16N2OS. The zero-order valence-electron chi connectivity index (χ0n) is 9.45. The average molecular weight is 236 g/mol. The Morgan fingerprint density at radius 2 is 2.31 bits per heavy atom. The van der Waals surface area contributed by atoms with E-state index >= 15 is 0 Å². The number of rotatable bonds is 3. The number of aromatic nitrogens is 1. The Hall–Kier alpha value is -1.16. The second-order valence-electron chi connectivity index (χ2n) is 4.20. The maximum absolute atomic E-state index is 12.2. The van der Waals surface area contributed by atoms with Crippen molar-refractivity contribution in [3.63, 3.8) is 0 Å². The third-order valence-electron chi connectivity index (χ3n) is 3.06. The van der Waals surface area contributed by atoms with Gasteiger partial charge in [-0.15, -0.1) is 0 Å². The van der Waals surface area contributed by atoms with Crippen molar-refractivity contribution >= 4 is 17.2 Å². The Kier molecular flexibility index (Phi) is 3.10. The van der Waals surface area contributed by atoms with E-state index in [1.807, 2.05) is 10.6 Å². The van der Waals surface area contributed by atoms with Crippen LogP contribution in [0.15, 0.2) is 10.9 Å². The lowest BCUT2D eigenvalue weighted by Gasteiger charge is -2.13. The second kappa shape index (κ2) is 4.37. The minimum Gasteiger partial charge on any atom is -0.389 e. The summed E-state index contributed by atoms with van der Waals surface area (Å²) in [6.07, 6.45) is 4.11. The van der Waals surface area contributed by atoms with Gasteiger partial charge in [0.2, 0.25) is 0 Å². The summed E-state index contributed by atoms with van der Waals surface area (Å²) in [6, 6.07) is 1.89. The molecule has 0 aromatic carbocycles. The van der Waals surface area contributed by atoms with Crippen molar-refractivity contribution in [2.75, 3.05) is 0 Å². The topological polar surface area (TPSA) is 48.0 Å². The monoisotopic (exact) mass is 236 g/mol. The summed E-state index contributed by atoms with van der Waals surface area (Å²) in [6.45, 7) is 2.83. The second-order valence-corrected chi connectivity index (χ2v) is 4.64. The summed E-state index contributed by atoms with van der Waals surface area (Å²) in [5.41, 5.74) is 8.51. The molecule has 0 spiro atoms. The fourth-order valence-electron chi connectivity index (χ4n) is 2.36. The molecule has 4 heteroatoms. The van der Waals surface area contributed by atoms with E-state index in [4.69, 9.17) is 18.0 Å². The van der Waals surface area contributed by atoms with E-state index in [0.29, 0.717) is 5.56 Å². The largest absolute Gasteiger partial charge is 0.389 e. The highest BCUT2D eigenvalue weighted by molar-refractivity contribution is 7.80. The zero-order chi connectivity index (χ0) is 11.7. The molecule has 0 bridgehead atoms. The standard InChI is InChI=1S/C12H16N2OS/c1-2-6-14-10-5-3-4-8(10)7-9(11(13)16)12(14)15/h7H,2-6H2,1H3,(H2,13,16). The molecule has 1 aliphatic rings. The van der Waals surface area contributed by atoms with Gasteiger partial charge in [0, 0.05) is 12.2 Å². The summed E-state index contributed by atoms with van der Waals surface area (Å²) in [5.74, 6) is 0. The Bertz CT molecular complexity index is 491. The molecule has 0 atom stereocenters. The van der Waals surface area contributed by atoms with Crippen LogP contribution in [0.1, 0.15) is 36.6 Å². The lowest BCUT2D eigenvalue weighted by molar-refractivity contribution is 0.623. The Morgan fingerprint density at radius 1 is 1.56 bits per heavy atom. The molecule has 86 valence electrons. The minimum atomic E-state index is -0.0185. The molecule has 0 saturated carbocycles. The van der Waals surface area contributed by atoms with Gasteiger partial charge in [-0.1, -0.05) is 19.1 Å². The minimum absolute atomic E-state index is 0.0185. The number of fused-ring (bicyclic) bond motifs is 1. The van der Waals surface area contributed by atoms with E-state index < -0.39 is 0 Å². The van der Waals surface area contributed by atoms with Crippen molar-refractivity contribution < 1.29 is 0 Å². The van der Waals surface area contributed by atoms with Gasteiger partial charge in [0.1, 0.15) is 4.99 Å². The van der Waals surface area contributed by atoms with Crippen LogP contribution in [0.2, 0.25) is 0 Å². The predicted octanol–water partition coefficient (Wildman–Crippen LogP) is 1.38. The number of nitrogens with zero attached hydrogens (tertiary/aromatic N) is 1. The summed E-state index contributed by atoms with van der Waals surface area (Å²) >= 11 is 4.93. The lowest BCUT2D eigenvalue weighted by Crippen LogP contribution is -2.31. The van der Waals surface area contributed by atoms with E-state index in [2.05, 4.69) is 6.92 Å². The van der Waals surface area contributed by atoms with E-state index in [9.17, 15) is 4.79 Å². The highest BCUT2D eigenvalue weighted by Gasteiger charge is 2.19. The van der Waals surface area contributed by atoms with Crippen molar-refractivity contribution in [3.8, 4) is 0 Å². The van der Waals surface area contributed by atoms with E-state index in [1.54, 1.807) is 0 Å². The highest BCUT2D eigenvalue weighted by atomic mass is 32.1. The van der Waals surface area contributed by atoms with Gasteiger partial charge in [0.25, 0.3) is 5.56 Å². The number of thiocarbonyl (C=S) groups is 1. The van der Waals surface area contributed by atoms with Crippen molar-refractivity contribution in [2.45, 2.75) is 39.2 Å². The molecule has 0 saturated heterocycles. The van der Waals surface area contributed by atoms with Crippen molar-refractivity contribution in [2.24, 2.45) is 5.73 Å². The first-order valence-electron chi connectivity index (χ1n) is 5.70. The van der Waals surface area contributed by atoms with Gasteiger partial charge in [-0.2, -0.15) is 0 Å². The molecule has 2 N–H and O–H groups in total. The van der Waals surface area contributed by atoms with Crippen LogP contribution in [0.25, 0.3) is 0 Å².